The van der Waals surface area contributed by atoms with Crippen LogP contribution >= 0.6 is 0 Å². The topological polar surface area (TPSA) is 78.3 Å². The van der Waals surface area contributed by atoms with Crippen LogP contribution in [0.25, 0.3) is 10.9 Å². The van der Waals surface area contributed by atoms with E-state index < -0.39 is 6.10 Å². The van der Waals surface area contributed by atoms with Crippen LogP contribution in [0.5, 0.6) is 0 Å². The molecule has 35 heavy (non-hydrogen) atoms. The Kier molecular flexibility index (Phi) is 7.10. The van der Waals surface area contributed by atoms with Crippen LogP contribution in [0.1, 0.15) is 22.9 Å². The first-order valence-corrected chi connectivity index (χ1v) is 12.2. The minimum absolute atomic E-state index is 0.242. The van der Waals surface area contributed by atoms with Crippen LogP contribution in [0.3, 0.4) is 0 Å². The number of nitrogens with zero attached hydrogens (tertiary/aromatic N) is 3. The summed E-state index contributed by atoms with van der Waals surface area (Å²) >= 11 is 0. The second kappa shape index (κ2) is 10.7. The number of hydrogen-bond donors (Lipinski definition) is 3. The quantitative estimate of drug-likeness (QED) is 0.363. The maximum Gasteiger partial charge on any atom is 0.118 e. The summed E-state index contributed by atoms with van der Waals surface area (Å²) < 4.78 is 0. The van der Waals surface area contributed by atoms with Crippen LogP contribution in [-0.2, 0) is 0 Å². The normalized spacial score (nSPS) is 15.8. The third-order valence-electron chi connectivity index (χ3n) is 6.78. The van der Waals surface area contributed by atoms with Gasteiger partial charge in [0.15, 0.2) is 0 Å². The van der Waals surface area contributed by atoms with E-state index in [4.69, 9.17) is 5.26 Å². The van der Waals surface area contributed by atoms with Gasteiger partial charge in [-0.15, -0.1) is 0 Å². The first-order chi connectivity index (χ1) is 17.2. The van der Waals surface area contributed by atoms with E-state index in [0.717, 1.165) is 42.8 Å². The average Bonchev–Trinajstić information content (AvgIpc) is 3.34. The summed E-state index contributed by atoms with van der Waals surface area (Å²) in [6.07, 6.45) is -0.481. The molecule has 1 fully saturated rings. The van der Waals surface area contributed by atoms with Crippen LogP contribution in [0.2, 0.25) is 0 Å². The lowest BCUT2D eigenvalue weighted by atomic mass is 9.96. The number of H-pyrrole nitrogens is 1. The number of piperazine rings is 1. The molecule has 1 saturated heterocycles. The van der Waals surface area contributed by atoms with Gasteiger partial charge in [0.25, 0.3) is 0 Å². The predicted molar refractivity (Wildman–Crippen MR) is 140 cm³/mol. The van der Waals surface area contributed by atoms with E-state index in [9.17, 15) is 5.11 Å². The van der Waals surface area contributed by atoms with Crippen LogP contribution < -0.4 is 5.32 Å². The minimum atomic E-state index is -0.481. The number of rotatable bonds is 8. The number of hydrogen-bond acceptors (Lipinski definition) is 5. The highest BCUT2D eigenvalue weighted by molar-refractivity contribution is 5.93. The van der Waals surface area contributed by atoms with Crippen molar-refractivity contribution in [3.8, 4) is 6.07 Å². The number of aliphatic hydroxyl groups is 1. The smallest absolute Gasteiger partial charge is 0.118 e. The molecule has 178 valence electrons. The van der Waals surface area contributed by atoms with Gasteiger partial charge in [-0.05, 0) is 29.3 Å². The highest BCUT2D eigenvalue weighted by Crippen LogP contribution is 2.29. The first-order valence-electron chi connectivity index (χ1n) is 12.2. The molecule has 1 aliphatic rings. The molecular formula is C29H31N5O. The van der Waals surface area contributed by atoms with E-state index in [1.54, 1.807) is 0 Å². The number of aromatic amines is 1. The van der Waals surface area contributed by atoms with Crippen molar-refractivity contribution in [1.29, 1.82) is 5.26 Å². The summed E-state index contributed by atoms with van der Waals surface area (Å²) in [6, 6.07) is 31.6. The molecule has 6 heteroatoms. The van der Waals surface area contributed by atoms with Crippen molar-refractivity contribution in [2.24, 2.45) is 0 Å². The first kappa shape index (κ1) is 23.1. The molecule has 1 atom stereocenters. The van der Waals surface area contributed by atoms with Gasteiger partial charge in [-0.1, -0.05) is 66.7 Å². The molecule has 4 aromatic rings. The van der Waals surface area contributed by atoms with Crippen molar-refractivity contribution < 1.29 is 5.11 Å². The van der Waals surface area contributed by atoms with Gasteiger partial charge in [0.1, 0.15) is 11.8 Å². The molecule has 6 nitrogen and oxygen atoms in total. The highest BCUT2D eigenvalue weighted by Gasteiger charge is 2.27. The Balaban J connectivity index is 1.18. The molecule has 1 aliphatic heterocycles. The zero-order valence-corrected chi connectivity index (χ0v) is 19.8. The Morgan fingerprint density at radius 1 is 0.886 bits per heavy atom. The minimum Gasteiger partial charge on any atom is -0.390 e. The fraction of sp³-hybridized carbons (Fsp3) is 0.276. The summed E-state index contributed by atoms with van der Waals surface area (Å²) in [4.78, 5) is 7.99. The van der Waals surface area contributed by atoms with E-state index in [0.29, 0.717) is 18.8 Å². The van der Waals surface area contributed by atoms with Gasteiger partial charge in [0, 0.05) is 55.9 Å². The zero-order valence-electron chi connectivity index (χ0n) is 19.8. The molecule has 1 unspecified atom stereocenters. The van der Waals surface area contributed by atoms with Gasteiger partial charge in [0.2, 0.25) is 0 Å². The lowest BCUT2D eigenvalue weighted by molar-refractivity contribution is 0.0672. The summed E-state index contributed by atoms with van der Waals surface area (Å²) in [5, 5.41) is 24.2. The highest BCUT2D eigenvalue weighted by atomic mass is 16.3. The van der Waals surface area contributed by atoms with Crippen LogP contribution in [0.15, 0.2) is 84.9 Å². The second-order valence-electron chi connectivity index (χ2n) is 9.16. The number of aromatic nitrogens is 1. The lowest BCUT2D eigenvalue weighted by Gasteiger charge is -2.40. The monoisotopic (exact) mass is 465 g/mol. The summed E-state index contributed by atoms with van der Waals surface area (Å²) in [6.45, 7) is 4.85. The molecule has 0 bridgehead atoms. The molecular weight excluding hydrogens is 434 g/mol. The fourth-order valence-electron chi connectivity index (χ4n) is 5.05. The van der Waals surface area contributed by atoms with Gasteiger partial charge < -0.3 is 15.4 Å². The second-order valence-corrected chi connectivity index (χ2v) is 9.16. The zero-order chi connectivity index (χ0) is 24.0. The molecule has 0 amide bonds. The number of aliphatic hydroxyl groups excluding tert-OH is 1. The fourth-order valence-corrected chi connectivity index (χ4v) is 5.05. The summed E-state index contributed by atoms with van der Waals surface area (Å²) in [7, 11) is 0. The van der Waals surface area contributed by atoms with Crippen LogP contribution in [0, 0.1) is 11.3 Å². The van der Waals surface area contributed by atoms with E-state index >= 15 is 0 Å². The molecule has 0 spiro atoms. The summed E-state index contributed by atoms with van der Waals surface area (Å²) in [5.74, 6) is 0. The number of anilines is 1. The number of nitriles is 1. The van der Waals surface area contributed by atoms with Gasteiger partial charge in [-0.25, -0.2) is 0 Å². The third-order valence-corrected chi connectivity index (χ3v) is 6.78. The Morgan fingerprint density at radius 2 is 1.54 bits per heavy atom. The van der Waals surface area contributed by atoms with Crippen molar-refractivity contribution in [3.05, 3.63) is 102 Å². The third kappa shape index (κ3) is 5.39. The van der Waals surface area contributed by atoms with Crippen molar-refractivity contribution in [2.75, 3.05) is 44.6 Å². The standard InChI is InChI=1S/C29H31N5O/c30-19-24-18-26-27(12-7-13-28(26)32-24)31-20-25(35)21-33-14-16-34(17-15-33)29(22-8-3-1-4-9-22)23-10-5-2-6-11-23/h1-13,18,25,29,31-32,35H,14-17,20-21H2. The van der Waals surface area contributed by atoms with Crippen LogP contribution in [0.4, 0.5) is 5.69 Å². The van der Waals surface area contributed by atoms with E-state index in [1.165, 1.54) is 11.1 Å². The van der Waals surface area contributed by atoms with Crippen molar-refractivity contribution in [1.82, 2.24) is 14.8 Å². The SMILES string of the molecule is N#Cc1cc2c(NCC(O)CN3CCN(C(c4ccccc4)c4ccccc4)CC3)cccc2[nH]1. The van der Waals surface area contributed by atoms with E-state index in [-0.39, 0.29) is 6.04 Å². The Hall–Kier alpha value is -3.63. The molecule has 3 N–H and O–H groups in total. The predicted octanol–water partition coefficient (Wildman–Crippen LogP) is 4.22. The lowest BCUT2D eigenvalue weighted by Crippen LogP contribution is -2.50. The number of fused-ring (bicyclic) bond motifs is 1. The number of β-amino-alcohol motifs (C(OH)–C–C–N with tert-alkyl or cyclic N) is 1. The number of benzene rings is 3. The maximum atomic E-state index is 10.7. The van der Waals surface area contributed by atoms with Gasteiger partial charge in [-0.2, -0.15) is 5.26 Å². The largest absolute Gasteiger partial charge is 0.390 e. The molecule has 0 aliphatic carbocycles. The molecule has 0 saturated carbocycles. The molecule has 5 rings (SSSR count). The molecule has 0 radical (unpaired) electrons. The van der Waals surface area contributed by atoms with Gasteiger partial charge in [0.05, 0.1) is 12.1 Å². The molecule has 2 heterocycles. The molecule has 3 aromatic carbocycles. The van der Waals surface area contributed by atoms with E-state index in [1.807, 2.05) is 24.3 Å². The van der Waals surface area contributed by atoms with Crippen molar-refractivity contribution in [2.45, 2.75) is 12.1 Å². The van der Waals surface area contributed by atoms with Crippen LogP contribution in [-0.4, -0.2) is 65.3 Å². The average molecular weight is 466 g/mol. The van der Waals surface area contributed by atoms with Crippen molar-refractivity contribution >= 4 is 16.6 Å². The number of nitrogens with one attached hydrogen (secondary N) is 2. The summed E-state index contributed by atoms with van der Waals surface area (Å²) in [5.41, 5.74) is 5.02. The van der Waals surface area contributed by atoms with Gasteiger partial charge >= 0.3 is 0 Å². The molecule has 1 aromatic heterocycles. The van der Waals surface area contributed by atoms with Crippen molar-refractivity contribution in [3.63, 3.8) is 0 Å². The maximum absolute atomic E-state index is 10.7. The van der Waals surface area contributed by atoms with E-state index in [2.05, 4.69) is 86.8 Å². The Labute approximate surface area is 206 Å². The Bertz CT molecular complexity index is 1230. The van der Waals surface area contributed by atoms with Gasteiger partial charge in [-0.3, -0.25) is 9.80 Å². The Morgan fingerprint density at radius 3 is 2.17 bits per heavy atom.